The SMILES string of the molecule is O=C(C1Cc2ccccc2CN1C(=O)c1ccco1)N1CCN(c2ccccc2F)CC1. The maximum absolute atomic E-state index is 14.2. The minimum atomic E-state index is -0.595. The quantitative estimate of drug-likeness (QED) is 0.636. The Bertz CT molecular complexity index is 1120. The van der Waals surface area contributed by atoms with E-state index in [1.165, 1.54) is 12.3 Å². The van der Waals surface area contributed by atoms with Gasteiger partial charge in [-0.1, -0.05) is 36.4 Å². The lowest BCUT2D eigenvalue weighted by Gasteiger charge is -2.41. The topological polar surface area (TPSA) is 57.0 Å². The predicted octanol–water partition coefficient (Wildman–Crippen LogP) is 3.33. The van der Waals surface area contributed by atoms with Crippen LogP contribution in [0.2, 0.25) is 0 Å². The molecule has 2 aliphatic heterocycles. The molecule has 0 spiro atoms. The highest BCUT2D eigenvalue weighted by Gasteiger charge is 2.38. The van der Waals surface area contributed by atoms with E-state index in [9.17, 15) is 14.0 Å². The average molecular weight is 433 g/mol. The first-order valence-corrected chi connectivity index (χ1v) is 10.8. The van der Waals surface area contributed by atoms with E-state index < -0.39 is 6.04 Å². The molecule has 7 heteroatoms. The number of hydrogen-bond acceptors (Lipinski definition) is 4. The summed E-state index contributed by atoms with van der Waals surface area (Å²) < 4.78 is 19.5. The molecule has 1 saturated heterocycles. The van der Waals surface area contributed by atoms with E-state index in [1.807, 2.05) is 35.2 Å². The molecule has 1 atom stereocenters. The lowest BCUT2D eigenvalue weighted by molar-refractivity contribution is -0.137. The molecule has 164 valence electrons. The minimum Gasteiger partial charge on any atom is -0.459 e. The summed E-state index contributed by atoms with van der Waals surface area (Å²) in [7, 11) is 0. The van der Waals surface area contributed by atoms with Crippen molar-refractivity contribution in [2.24, 2.45) is 0 Å². The minimum absolute atomic E-state index is 0.0763. The summed E-state index contributed by atoms with van der Waals surface area (Å²) in [4.78, 5) is 32.1. The van der Waals surface area contributed by atoms with Crippen molar-refractivity contribution in [2.45, 2.75) is 19.0 Å². The fourth-order valence-corrected chi connectivity index (χ4v) is 4.59. The standard InChI is InChI=1S/C25H24FN3O3/c26-20-8-3-4-9-21(20)27-11-13-28(14-12-27)24(30)22-16-18-6-1-2-7-19(18)17-29(22)25(31)23-10-5-15-32-23/h1-10,15,22H,11-14,16-17H2. The van der Waals surface area contributed by atoms with Crippen LogP contribution in [0.3, 0.4) is 0 Å². The first-order chi connectivity index (χ1) is 15.6. The number of carbonyl (C=O) groups is 2. The van der Waals surface area contributed by atoms with Crippen LogP contribution in [-0.2, 0) is 17.8 Å². The van der Waals surface area contributed by atoms with Gasteiger partial charge in [-0.05, 0) is 35.4 Å². The monoisotopic (exact) mass is 433 g/mol. The van der Waals surface area contributed by atoms with Crippen LogP contribution in [0, 0.1) is 5.82 Å². The van der Waals surface area contributed by atoms with Crippen LogP contribution in [0.5, 0.6) is 0 Å². The van der Waals surface area contributed by atoms with Crippen LogP contribution < -0.4 is 4.90 Å². The molecule has 3 heterocycles. The second kappa shape index (κ2) is 8.49. The highest BCUT2D eigenvalue weighted by atomic mass is 19.1. The number of para-hydroxylation sites is 1. The molecule has 0 saturated carbocycles. The summed E-state index contributed by atoms with van der Waals surface area (Å²) in [6.07, 6.45) is 1.93. The molecular formula is C25H24FN3O3. The Kier molecular flexibility index (Phi) is 5.39. The second-order valence-electron chi connectivity index (χ2n) is 8.16. The normalized spacial score (nSPS) is 18.4. The number of halogens is 1. The molecular weight excluding hydrogens is 409 g/mol. The van der Waals surface area contributed by atoms with E-state index >= 15 is 0 Å². The van der Waals surface area contributed by atoms with E-state index in [1.54, 1.807) is 34.1 Å². The van der Waals surface area contributed by atoms with Crippen molar-refractivity contribution in [3.05, 3.63) is 89.6 Å². The molecule has 6 nitrogen and oxygen atoms in total. The molecule has 2 aliphatic rings. The Balaban J connectivity index is 1.35. The molecule has 2 aromatic carbocycles. The molecule has 0 aliphatic carbocycles. The molecule has 1 unspecified atom stereocenters. The van der Waals surface area contributed by atoms with Crippen molar-refractivity contribution in [2.75, 3.05) is 31.1 Å². The first kappa shape index (κ1) is 20.3. The van der Waals surface area contributed by atoms with Crippen molar-refractivity contribution in [3.63, 3.8) is 0 Å². The number of nitrogens with zero attached hydrogens (tertiary/aromatic N) is 3. The molecule has 3 aromatic rings. The van der Waals surface area contributed by atoms with Gasteiger partial charge in [0, 0.05) is 39.1 Å². The van der Waals surface area contributed by atoms with Gasteiger partial charge in [0.25, 0.3) is 5.91 Å². The number of carbonyl (C=O) groups excluding carboxylic acids is 2. The van der Waals surface area contributed by atoms with Gasteiger partial charge in [-0.15, -0.1) is 0 Å². The highest BCUT2D eigenvalue weighted by Crippen LogP contribution is 2.27. The zero-order chi connectivity index (χ0) is 22.1. The van der Waals surface area contributed by atoms with Crippen molar-refractivity contribution in [3.8, 4) is 0 Å². The zero-order valence-corrected chi connectivity index (χ0v) is 17.6. The Labute approximate surface area is 185 Å². The van der Waals surface area contributed by atoms with Gasteiger partial charge in [-0.25, -0.2) is 4.39 Å². The number of benzene rings is 2. The lowest BCUT2D eigenvalue weighted by Crippen LogP contribution is -2.57. The molecule has 32 heavy (non-hydrogen) atoms. The van der Waals surface area contributed by atoms with Gasteiger partial charge in [0.15, 0.2) is 5.76 Å². The van der Waals surface area contributed by atoms with E-state index in [0.717, 1.165) is 11.1 Å². The summed E-state index contributed by atoms with van der Waals surface area (Å²) in [6, 6.07) is 17.3. The van der Waals surface area contributed by atoms with Gasteiger partial charge >= 0.3 is 0 Å². The third kappa shape index (κ3) is 3.75. The average Bonchev–Trinajstić information content (AvgIpc) is 3.38. The molecule has 0 bridgehead atoms. The lowest BCUT2D eigenvalue weighted by atomic mass is 9.92. The second-order valence-corrected chi connectivity index (χ2v) is 8.16. The third-order valence-electron chi connectivity index (χ3n) is 6.31. The number of furan rings is 1. The van der Waals surface area contributed by atoms with Crippen LogP contribution in [0.4, 0.5) is 10.1 Å². The zero-order valence-electron chi connectivity index (χ0n) is 17.6. The van der Waals surface area contributed by atoms with Gasteiger partial charge in [-0.3, -0.25) is 9.59 Å². The molecule has 0 N–H and O–H groups in total. The number of amides is 2. The maximum Gasteiger partial charge on any atom is 0.290 e. The Morgan fingerprint density at radius 2 is 1.59 bits per heavy atom. The van der Waals surface area contributed by atoms with Crippen LogP contribution >= 0.6 is 0 Å². The first-order valence-electron chi connectivity index (χ1n) is 10.8. The summed E-state index contributed by atoms with van der Waals surface area (Å²) in [5.74, 6) is -0.390. The molecule has 1 fully saturated rings. The highest BCUT2D eigenvalue weighted by molar-refractivity contribution is 5.96. The van der Waals surface area contributed by atoms with Crippen molar-refractivity contribution in [1.29, 1.82) is 0 Å². The van der Waals surface area contributed by atoms with Crippen LogP contribution in [0.25, 0.3) is 0 Å². The molecule has 2 amide bonds. The summed E-state index contributed by atoms with van der Waals surface area (Å²) >= 11 is 0. The van der Waals surface area contributed by atoms with E-state index in [0.29, 0.717) is 44.8 Å². The van der Waals surface area contributed by atoms with Crippen LogP contribution in [0.15, 0.2) is 71.3 Å². The van der Waals surface area contributed by atoms with E-state index in [-0.39, 0.29) is 23.4 Å². The third-order valence-corrected chi connectivity index (χ3v) is 6.31. The van der Waals surface area contributed by atoms with Gasteiger partial charge in [0.2, 0.25) is 5.91 Å². The smallest absolute Gasteiger partial charge is 0.290 e. The van der Waals surface area contributed by atoms with Gasteiger partial charge in [0.05, 0.1) is 12.0 Å². The van der Waals surface area contributed by atoms with Crippen LogP contribution in [0.1, 0.15) is 21.7 Å². The number of rotatable bonds is 3. The molecule has 5 rings (SSSR count). The van der Waals surface area contributed by atoms with E-state index in [4.69, 9.17) is 4.42 Å². The van der Waals surface area contributed by atoms with E-state index in [2.05, 4.69) is 0 Å². The largest absolute Gasteiger partial charge is 0.459 e. The van der Waals surface area contributed by atoms with Gasteiger partial charge in [0.1, 0.15) is 11.9 Å². The maximum atomic E-state index is 14.2. The van der Waals surface area contributed by atoms with Crippen molar-refractivity contribution < 1.29 is 18.4 Å². The Hall–Kier alpha value is -3.61. The number of piperazine rings is 1. The number of anilines is 1. The summed E-state index contributed by atoms with van der Waals surface area (Å²) in [5.41, 5.74) is 2.68. The molecule has 0 radical (unpaired) electrons. The summed E-state index contributed by atoms with van der Waals surface area (Å²) in [6.45, 7) is 2.41. The van der Waals surface area contributed by atoms with Gasteiger partial charge in [-0.2, -0.15) is 0 Å². The molecule has 1 aromatic heterocycles. The fraction of sp³-hybridized carbons (Fsp3) is 0.280. The van der Waals surface area contributed by atoms with Crippen LogP contribution in [-0.4, -0.2) is 53.8 Å². The summed E-state index contributed by atoms with van der Waals surface area (Å²) in [5, 5.41) is 0. The predicted molar refractivity (Wildman–Crippen MR) is 118 cm³/mol. The fourth-order valence-electron chi connectivity index (χ4n) is 4.59. The number of fused-ring (bicyclic) bond motifs is 1. The Morgan fingerprint density at radius 1 is 0.875 bits per heavy atom. The van der Waals surface area contributed by atoms with Gasteiger partial charge < -0.3 is 19.1 Å². The van der Waals surface area contributed by atoms with Crippen molar-refractivity contribution >= 4 is 17.5 Å². The number of hydrogen-bond donors (Lipinski definition) is 0. The van der Waals surface area contributed by atoms with Crippen molar-refractivity contribution in [1.82, 2.24) is 9.80 Å². The Morgan fingerprint density at radius 3 is 2.31 bits per heavy atom.